The maximum absolute atomic E-state index is 12.2. The van der Waals surface area contributed by atoms with E-state index in [2.05, 4.69) is 4.74 Å². The third-order valence-corrected chi connectivity index (χ3v) is 1.20. The minimum Gasteiger partial charge on any atom is -0.398 e. The van der Waals surface area contributed by atoms with E-state index in [0.717, 1.165) is 0 Å². The molecular weight excluding hydrogens is 263 g/mol. The Labute approximate surface area is 81.0 Å². The number of hydrogen-bond acceptors (Lipinski definition) is 2. The molecule has 0 aliphatic heterocycles. The first kappa shape index (κ1) is 14.8. The fourth-order valence-electron chi connectivity index (χ4n) is 0.461. The van der Waals surface area contributed by atoms with Gasteiger partial charge in [0.05, 0.1) is 0 Å². The molecule has 16 heavy (non-hydrogen) atoms. The first-order valence-corrected chi connectivity index (χ1v) is 3.15. The van der Waals surface area contributed by atoms with Gasteiger partial charge in [-0.15, -0.1) is 0 Å². The molecule has 0 aromatic carbocycles. The standard InChI is InChI=1S/C5HF9O2/c6-2(7)16-1(15)3(8,9)4(10,11)5(12,13)14/h2H. The molecule has 0 rings (SSSR count). The van der Waals surface area contributed by atoms with Crippen molar-refractivity contribution in [2.24, 2.45) is 0 Å². The van der Waals surface area contributed by atoms with Gasteiger partial charge >= 0.3 is 30.6 Å². The lowest BCUT2D eigenvalue weighted by molar-refractivity contribution is -0.351. The highest BCUT2D eigenvalue weighted by molar-refractivity contribution is 5.79. The van der Waals surface area contributed by atoms with Gasteiger partial charge in [0.1, 0.15) is 0 Å². The number of carbonyl (C=O) groups excluding carboxylic acids is 1. The van der Waals surface area contributed by atoms with Gasteiger partial charge in [-0.2, -0.15) is 39.5 Å². The van der Waals surface area contributed by atoms with Crippen LogP contribution in [0.3, 0.4) is 0 Å². The number of alkyl halides is 9. The summed E-state index contributed by atoms with van der Waals surface area (Å²) in [5.74, 6) is -16.9. The summed E-state index contributed by atoms with van der Waals surface area (Å²) >= 11 is 0. The van der Waals surface area contributed by atoms with Gasteiger partial charge in [-0.3, -0.25) is 0 Å². The lowest BCUT2D eigenvalue weighted by Crippen LogP contribution is -2.56. The van der Waals surface area contributed by atoms with Crippen molar-refractivity contribution in [2.75, 3.05) is 0 Å². The average Bonchev–Trinajstić information content (AvgIpc) is 2.00. The average molecular weight is 264 g/mol. The smallest absolute Gasteiger partial charge is 0.398 e. The summed E-state index contributed by atoms with van der Waals surface area (Å²) in [7, 11) is 0. The first-order valence-electron chi connectivity index (χ1n) is 3.15. The molecule has 0 spiro atoms. The Balaban J connectivity index is 5.12. The summed E-state index contributed by atoms with van der Waals surface area (Å²) in [6.07, 6.45) is -6.78. The zero-order valence-electron chi connectivity index (χ0n) is 6.80. The highest BCUT2D eigenvalue weighted by Gasteiger charge is 2.77. The molecule has 0 bridgehead atoms. The Kier molecular flexibility index (Phi) is 3.72. The van der Waals surface area contributed by atoms with E-state index in [1.165, 1.54) is 0 Å². The van der Waals surface area contributed by atoms with Crippen LogP contribution >= 0.6 is 0 Å². The molecule has 11 heteroatoms. The minimum atomic E-state index is -6.80. The quantitative estimate of drug-likeness (QED) is 0.578. The van der Waals surface area contributed by atoms with Crippen molar-refractivity contribution in [3.8, 4) is 0 Å². The number of carbonyl (C=O) groups is 1. The largest absolute Gasteiger partial charge is 0.460 e. The Morgan fingerprint density at radius 3 is 1.56 bits per heavy atom. The zero-order chi connectivity index (χ0) is 13.4. The molecule has 0 saturated carbocycles. The van der Waals surface area contributed by atoms with E-state index in [-0.39, 0.29) is 0 Å². The summed E-state index contributed by atoms with van der Waals surface area (Å²) < 4.78 is 107. The van der Waals surface area contributed by atoms with Crippen LogP contribution in [0.1, 0.15) is 0 Å². The number of halogens is 9. The third kappa shape index (κ3) is 2.50. The van der Waals surface area contributed by atoms with E-state index in [9.17, 15) is 44.3 Å². The Morgan fingerprint density at radius 1 is 0.938 bits per heavy atom. The van der Waals surface area contributed by atoms with Crippen LogP contribution in [-0.4, -0.2) is 30.6 Å². The molecule has 96 valence electrons. The van der Waals surface area contributed by atoms with E-state index in [1.54, 1.807) is 0 Å². The van der Waals surface area contributed by atoms with Gasteiger partial charge in [-0.05, 0) is 0 Å². The van der Waals surface area contributed by atoms with E-state index in [1.807, 2.05) is 0 Å². The van der Waals surface area contributed by atoms with Crippen LogP contribution in [-0.2, 0) is 9.53 Å². The van der Waals surface area contributed by atoms with Gasteiger partial charge in [0, 0.05) is 0 Å². The van der Waals surface area contributed by atoms with E-state index in [0.29, 0.717) is 0 Å². The van der Waals surface area contributed by atoms with Crippen LogP contribution < -0.4 is 0 Å². The summed E-state index contributed by atoms with van der Waals surface area (Å²) in [5.41, 5.74) is 0. The van der Waals surface area contributed by atoms with E-state index < -0.39 is 30.6 Å². The number of ether oxygens (including phenoxy) is 1. The van der Waals surface area contributed by atoms with Crippen molar-refractivity contribution in [2.45, 2.75) is 24.6 Å². The molecule has 0 amide bonds. The predicted molar refractivity (Wildman–Crippen MR) is 28.0 cm³/mol. The van der Waals surface area contributed by atoms with Crippen LogP contribution in [0.5, 0.6) is 0 Å². The predicted octanol–water partition coefficient (Wildman–Crippen LogP) is 2.59. The summed E-state index contributed by atoms with van der Waals surface area (Å²) in [6.45, 7) is -4.23. The summed E-state index contributed by atoms with van der Waals surface area (Å²) in [6, 6.07) is 0. The number of rotatable bonds is 3. The van der Waals surface area contributed by atoms with Crippen LogP contribution in [0.4, 0.5) is 39.5 Å². The minimum absolute atomic E-state index is 2.29. The van der Waals surface area contributed by atoms with Gasteiger partial charge in [-0.25, -0.2) is 4.79 Å². The Bertz CT molecular complexity index is 268. The van der Waals surface area contributed by atoms with Crippen LogP contribution in [0.2, 0.25) is 0 Å². The molecule has 0 radical (unpaired) electrons. The molecule has 0 unspecified atom stereocenters. The second kappa shape index (κ2) is 4.01. The number of esters is 1. The van der Waals surface area contributed by atoms with Crippen molar-refractivity contribution in [3.05, 3.63) is 0 Å². The molecule has 0 aromatic heterocycles. The van der Waals surface area contributed by atoms with Gasteiger partial charge in [0.25, 0.3) is 0 Å². The highest BCUT2D eigenvalue weighted by Crippen LogP contribution is 2.47. The first-order chi connectivity index (χ1) is 6.84. The second-order valence-corrected chi connectivity index (χ2v) is 2.31. The van der Waals surface area contributed by atoms with E-state index in [4.69, 9.17) is 0 Å². The highest BCUT2D eigenvalue weighted by atomic mass is 19.4. The SMILES string of the molecule is O=C(OC(F)F)C(F)(F)C(F)(F)C(F)(F)F. The van der Waals surface area contributed by atoms with Gasteiger partial charge in [-0.1, -0.05) is 0 Å². The molecule has 2 nitrogen and oxygen atoms in total. The van der Waals surface area contributed by atoms with Crippen molar-refractivity contribution < 1.29 is 49.0 Å². The normalized spacial score (nSPS) is 14.1. The summed E-state index contributed by atoms with van der Waals surface area (Å²) in [5, 5.41) is 0. The van der Waals surface area contributed by atoms with Crippen LogP contribution in [0.15, 0.2) is 0 Å². The maximum atomic E-state index is 12.2. The summed E-state index contributed by atoms with van der Waals surface area (Å²) in [4.78, 5) is 9.94. The monoisotopic (exact) mass is 264 g/mol. The van der Waals surface area contributed by atoms with Crippen molar-refractivity contribution in [1.29, 1.82) is 0 Å². The molecule has 0 heterocycles. The molecule has 0 aliphatic carbocycles. The molecule has 0 fully saturated rings. The zero-order valence-corrected chi connectivity index (χ0v) is 6.80. The van der Waals surface area contributed by atoms with Crippen molar-refractivity contribution >= 4 is 5.97 Å². The molecule has 0 atom stereocenters. The Morgan fingerprint density at radius 2 is 1.31 bits per heavy atom. The molecule has 0 N–H and O–H groups in total. The van der Waals surface area contributed by atoms with Gasteiger partial charge in [0.15, 0.2) is 0 Å². The van der Waals surface area contributed by atoms with Gasteiger partial charge in [0.2, 0.25) is 0 Å². The molecular formula is C5HF9O2. The molecule has 0 aromatic rings. The van der Waals surface area contributed by atoms with E-state index >= 15 is 0 Å². The molecule has 0 saturated heterocycles. The second-order valence-electron chi connectivity index (χ2n) is 2.31. The Hall–Kier alpha value is -1.16. The lowest BCUT2D eigenvalue weighted by Gasteiger charge is -2.26. The topological polar surface area (TPSA) is 26.3 Å². The third-order valence-electron chi connectivity index (χ3n) is 1.20. The fraction of sp³-hybridized carbons (Fsp3) is 0.800. The van der Waals surface area contributed by atoms with Crippen LogP contribution in [0, 0.1) is 0 Å². The van der Waals surface area contributed by atoms with Crippen molar-refractivity contribution in [3.63, 3.8) is 0 Å². The van der Waals surface area contributed by atoms with Crippen molar-refractivity contribution in [1.82, 2.24) is 0 Å². The lowest BCUT2D eigenvalue weighted by atomic mass is 10.1. The maximum Gasteiger partial charge on any atom is 0.460 e. The number of hydrogen-bond donors (Lipinski definition) is 0. The van der Waals surface area contributed by atoms with Crippen LogP contribution in [0.25, 0.3) is 0 Å². The fourth-order valence-corrected chi connectivity index (χ4v) is 0.461. The van der Waals surface area contributed by atoms with Gasteiger partial charge < -0.3 is 4.74 Å². The molecule has 0 aliphatic rings.